The first kappa shape index (κ1) is 15.5. The van der Waals surface area contributed by atoms with Crippen LogP contribution in [0.2, 0.25) is 0 Å². The Labute approximate surface area is 112 Å². The van der Waals surface area contributed by atoms with Crippen molar-refractivity contribution in [1.29, 1.82) is 0 Å². The van der Waals surface area contributed by atoms with Crippen molar-refractivity contribution in [2.45, 2.75) is 6.92 Å². The highest BCUT2D eigenvalue weighted by Gasteiger charge is 2.27. The van der Waals surface area contributed by atoms with E-state index in [-0.39, 0.29) is 5.56 Å². The van der Waals surface area contributed by atoms with Crippen molar-refractivity contribution in [3.63, 3.8) is 0 Å². The van der Waals surface area contributed by atoms with E-state index >= 15 is 0 Å². The fraction of sp³-hybridized carbons (Fsp3) is 0.250. The van der Waals surface area contributed by atoms with Crippen LogP contribution in [0.1, 0.15) is 15.9 Å². The summed E-state index contributed by atoms with van der Waals surface area (Å²) in [7, 11) is 0. The monoisotopic (exact) mass is 287 g/mol. The zero-order valence-corrected chi connectivity index (χ0v) is 10.4. The predicted octanol–water partition coefficient (Wildman–Crippen LogP) is 0.885. The van der Waals surface area contributed by atoms with E-state index in [4.69, 9.17) is 10.2 Å². The summed E-state index contributed by atoms with van der Waals surface area (Å²) in [4.78, 5) is 33.4. The number of halogens is 2. The van der Waals surface area contributed by atoms with Crippen LogP contribution in [0.15, 0.2) is 12.1 Å². The molecule has 1 aromatic rings. The van der Waals surface area contributed by atoms with E-state index in [1.54, 1.807) is 0 Å². The van der Waals surface area contributed by atoms with Crippen LogP contribution in [0, 0.1) is 18.6 Å². The van der Waals surface area contributed by atoms with Gasteiger partial charge in [-0.3, -0.25) is 14.4 Å². The number of hydrogen-bond acceptors (Lipinski definition) is 3. The Balaban J connectivity index is 3.21. The van der Waals surface area contributed by atoms with Gasteiger partial charge in [0, 0.05) is 0 Å². The highest BCUT2D eigenvalue weighted by molar-refractivity contribution is 5.98. The topological polar surface area (TPSA) is 94.9 Å². The van der Waals surface area contributed by atoms with Gasteiger partial charge in [0.15, 0.2) is 0 Å². The zero-order chi connectivity index (χ0) is 15.4. The van der Waals surface area contributed by atoms with Crippen LogP contribution in [0.25, 0.3) is 0 Å². The number of carboxylic acids is 2. The zero-order valence-electron chi connectivity index (χ0n) is 10.4. The maximum Gasteiger partial charge on any atom is 0.323 e. The Bertz CT molecular complexity index is 557. The van der Waals surface area contributed by atoms with Gasteiger partial charge in [-0.2, -0.15) is 0 Å². The molecule has 0 saturated heterocycles. The van der Waals surface area contributed by atoms with Gasteiger partial charge in [-0.25, -0.2) is 8.78 Å². The molecule has 0 spiro atoms. The number of benzene rings is 1. The van der Waals surface area contributed by atoms with Crippen LogP contribution in [-0.4, -0.2) is 46.0 Å². The Kier molecular flexibility index (Phi) is 4.73. The first-order chi connectivity index (χ1) is 9.23. The molecule has 0 aliphatic rings. The molecule has 0 aliphatic carbocycles. The molecular formula is C12H11F2NO5. The largest absolute Gasteiger partial charge is 0.480 e. The lowest BCUT2D eigenvalue weighted by atomic mass is 10.1. The number of nitrogens with zero attached hydrogens (tertiary/aromatic N) is 1. The number of aryl methyl sites for hydroxylation is 1. The van der Waals surface area contributed by atoms with Gasteiger partial charge in [-0.15, -0.1) is 0 Å². The summed E-state index contributed by atoms with van der Waals surface area (Å²) in [6.45, 7) is -0.653. The maximum absolute atomic E-state index is 13.8. The van der Waals surface area contributed by atoms with Crippen LogP contribution in [0.3, 0.4) is 0 Å². The molecule has 0 aliphatic heterocycles. The van der Waals surface area contributed by atoms with Crippen molar-refractivity contribution >= 4 is 17.8 Å². The Morgan fingerprint density at radius 3 is 2.05 bits per heavy atom. The highest BCUT2D eigenvalue weighted by atomic mass is 19.1. The quantitative estimate of drug-likeness (QED) is 0.838. The molecule has 1 rings (SSSR count). The van der Waals surface area contributed by atoms with Crippen molar-refractivity contribution in [3.05, 3.63) is 34.9 Å². The maximum atomic E-state index is 13.8. The van der Waals surface area contributed by atoms with Gasteiger partial charge in [0.05, 0.1) is 0 Å². The van der Waals surface area contributed by atoms with Gasteiger partial charge < -0.3 is 15.1 Å². The van der Waals surface area contributed by atoms with Crippen LogP contribution >= 0.6 is 0 Å². The normalized spacial score (nSPS) is 10.2. The number of carbonyl (C=O) groups is 3. The second-order valence-corrected chi connectivity index (χ2v) is 4.00. The van der Waals surface area contributed by atoms with E-state index in [1.165, 1.54) is 6.92 Å². The Morgan fingerprint density at radius 1 is 1.10 bits per heavy atom. The van der Waals surface area contributed by atoms with Crippen LogP contribution < -0.4 is 0 Å². The van der Waals surface area contributed by atoms with E-state index in [0.717, 1.165) is 12.1 Å². The van der Waals surface area contributed by atoms with Crippen molar-refractivity contribution in [2.24, 2.45) is 0 Å². The second kappa shape index (κ2) is 6.09. The number of rotatable bonds is 5. The number of aliphatic carboxylic acids is 2. The molecule has 20 heavy (non-hydrogen) atoms. The third-order valence-corrected chi connectivity index (χ3v) is 2.44. The summed E-state index contributed by atoms with van der Waals surface area (Å²) >= 11 is 0. The molecule has 0 bridgehead atoms. The third-order valence-electron chi connectivity index (χ3n) is 2.44. The molecule has 0 aromatic heterocycles. The molecule has 108 valence electrons. The summed E-state index contributed by atoms with van der Waals surface area (Å²) in [6.07, 6.45) is 0. The summed E-state index contributed by atoms with van der Waals surface area (Å²) < 4.78 is 27.3. The van der Waals surface area contributed by atoms with E-state index < -0.39 is 48.1 Å². The lowest BCUT2D eigenvalue weighted by Crippen LogP contribution is -2.40. The van der Waals surface area contributed by atoms with Crippen molar-refractivity contribution in [1.82, 2.24) is 4.90 Å². The molecular weight excluding hydrogens is 276 g/mol. The van der Waals surface area contributed by atoms with Crippen molar-refractivity contribution in [2.75, 3.05) is 13.1 Å². The van der Waals surface area contributed by atoms with E-state index in [2.05, 4.69) is 0 Å². The minimum atomic E-state index is -1.49. The van der Waals surface area contributed by atoms with Gasteiger partial charge in [0.1, 0.15) is 30.3 Å². The lowest BCUT2D eigenvalue weighted by molar-refractivity contribution is -0.140. The Morgan fingerprint density at radius 2 is 1.60 bits per heavy atom. The highest BCUT2D eigenvalue weighted by Crippen LogP contribution is 2.18. The molecule has 0 unspecified atom stereocenters. The number of amides is 1. The van der Waals surface area contributed by atoms with E-state index in [0.29, 0.717) is 4.90 Å². The van der Waals surface area contributed by atoms with E-state index in [1.807, 2.05) is 0 Å². The summed E-state index contributed by atoms with van der Waals surface area (Å²) in [5.74, 6) is -6.63. The van der Waals surface area contributed by atoms with E-state index in [9.17, 15) is 23.2 Å². The number of carboxylic acid groups (broad SMARTS) is 2. The van der Waals surface area contributed by atoms with Crippen LogP contribution in [-0.2, 0) is 9.59 Å². The minimum Gasteiger partial charge on any atom is -0.480 e. The minimum absolute atomic E-state index is 0.0136. The smallest absolute Gasteiger partial charge is 0.323 e. The molecule has 0 atom stereocenters. The molecule has 0 fully saturated rings. The molecule has 1 amide bonds. The first-order valence-electron chi connectivity index (χ1n) is 5.41. The standard InChI is InChI=1S/C12H11F2NO5/c1-6-2-3-7(13)10(11(6)14)12(20)15(4-8(16)17)5-9(18)19/h2-3H,4-5H2,1H3,(H,16,17)(H,18,19). The van der Waals surface area contributed by atoms with Gasteiger partial charge >= 0.3 is 11.9 Å². The fourth-order valence-electron chi connectivity index (χ4n) is 1.54. The molecule has 1 aromatic carbocycles. The lowest BCUT2D eigenvalue weighted by Gasteiger charge is -2.19. The predicted molar refractivity (Wildman–Crippen MR) is 62.3 cm³/mol. The molecule has 0 saturated carbocycles. The van der Waals surface area contributed by atoms with Crippen molar-refractivity contribution < 1.29 is 33.4 Å². The SMILES string of the molecule is Cc1ccc(F)c(C(=O)N(CC(=O)O)CC(=O)O)c1F. The van der Waals surface area contributed by atoms with Gasteiger partial charge in [0.25, 0.3) is 5.91 Å². The second-order valence-electron chi connectivity index (χ2n) is 4.00. The van der Waals surface area contributed by atoms with Gasteiger partial charge in [0.2, 0.25) is 0 Å². The van der Waals surface area contributed by atoms with Gasteiger partial charge in [-0.1, -0.05) is 6.07 Å². The average Bonchev–Trinajstić information content (AvgIpc) is 2.32. The number of carbonyl (C=O) groups excluding carboxylic acids is 1. The average molecular weight is 287 g/mol. The molecule has 2 N–H and O–H groups in total. The molecule has 0 radical (unpaired) electrons. The first-order valence-corrected chi connectivity index (χ1v) is 5.41. The van der Waals surface area contributed by atoms with Crippen molar-refractivity contribution in [3.8, 4) is 0 Å². The Hall–Kier alpha value is -2.51. The molecule has 0 heterocycles. The van der Waals surface area contributed by atoms with Crippen LogP contribution in [0.4, 0.5) is 8.78 Å². The van der Waals surface area contributed by atoms with Gasteiger partial charge in [-0.05, 0) is 18.6 Å². The summed E-state index contributed by atoms with van der Waals surface area (Å²) in [5.41, 5.74) is -0.979. The fourth-order valence-corrected chi connectivity index (χ4v) is 1.54. The summed E-state index contributed by atoms with van der Waals surface area (Å²) in [6, 6.07) is 1.96. The summed E-state index contributed by atoms with van der Waals surface area (Å²) in [5, 5.41) is 17.2. The molecule has 6 nitrogen and oxygen atoms in total. The third kappa shape index (κ3) is 3.50. The molecule has 8 heteroatoms. The number of hydrogen-bond donors (Lipinski definition) is 2. The van der Waals surface area contributed by atoms with Crippen LogP contribution in [0.5, 0.6) is 0 Å².